The lowest BCUT2D eigenvalue weighted by Crippen LogP contribution is -2.78. The smallest absolute Gasteiger partial charge is 0.251 e. The van der Waals surface area contributed by atoms with Crippen molar-refractivity contribution in [3.8, 4) is 0 Å². The summed E-state index contributed by atoms with van der Waals surface area (Å²) in [6.07, 6.45) is 21.4. The van der Waals surface area contributed by atoms with E-state index in [4.69, 9.17) is 11.5 Å². The van der Waals surface area contributed by atoms with Crippen molar-refractivity contribution < 1.29 is 19.2 Å². The van der Waals surface area contributed by atoms with Gasteiger partial charge in [0, 0.05) is 12.6 Å². The molecule has 10 heteroatoms. The van der Waals surface area contributed by atoms with Gasteiger partial charge in [0.2, 0.25) is 11.8 Å². The van der Waals surface area contributed by atoms with E-state index in [1.807, 2.05) is 0 Å². The molecule has 4 saturated carbocycles. The first-order valence-corrected chi connectivity index (χ1v) is 19.4. The monoisotopic (exact) mass is 654 g/mol. The zero-order chi connectivity index (χ0) is 33.2. The number of carbonyl (C=O) groups excluding carboxylic acids is 4. The number of piperazine rings is 2. The summed E-state index contributed by atoms with van der Waals surface area (Å²) in [6, 6.07) is -0.205. The van der Waals surface area contributed by atoms with E-state index in [9.17, 15) is 19.2 Å². The molecule has 0 aromatic carbocycles. The lowest BCUT2D eigenvalue weighted by atomic mass is 9.61. The molecule has 4 aliphatic carbocycles. The van der Waals surface area contributed by atoms with E-state index in [1.54, 1.807) is 0 Å². The van der Waals surface area contributed by atoms with Crippen LogP contribution in [-0.4, -0.2) is 93.3 Å². The molecule has 0 aromatic heterocycles. The fourth-order valence-corrected chi connectivity index (χ4v) is 11.7. The Balaban J connectivity index is 1.44. The van der Waals surface area contributed by atoms with E-state index < -0.39 is 11.1 Å². The second-order valence-corrected chi connectivity index (χ2v) is 16.0. The van der Waals surface area contributed by atoms with Gasteiger partial charge in [0.1, 0.15) is 11.1 Å². The molecular formula is C37H62N6O4. The van der Waals surface area contributed by atoms with Crippen LogP contribution in [-0.2, 0) is 19.2 Å². The predicted octanol–water partition coefficient (Wildman–Crippen LogP) is 4.35. The van der Waals surface area contributed by atoms with Gasteiger partial charge >= 0.3 is 0 Å². The normalized spacial score (nSPS) is 29.1. The second kappa shape index (κ2) is 14.9. The fourth-order valence-electron chi connectivity index (χ4n) is 11.7. The maximum atomic E-state index is 14.9. The van der Waals surface area contributed by atoms with E-state index in [1.165, 1.54) is 35.5 Å². The number of hydrogen-bond donors (Lipinski definition) is 2. The lowest BCUT2D eigenvalue weighted by Gasteiger charge is -2.61. The van der Waals surface area contributed by atoms with Gasteiger partial charge in [-0.1, -0.05) is 77.0 Å². The summed E-state index contributed by atoms with van der Waals surface area (Å²) < 4.78 is 0. The number of rotatable bonds is 9. The SMILES string of the molecule is CC(CN1CC(=O)N(CN)C(=O)C1(C1CCCCC1)C1CCCCC1)N1CC(=O)N(CN)C(=O)C1(C1CCCCC1)C1CCCCC1. The van der Waals surface area contributed by atoms with Crippen LogP contribution in [0.1, 0.15) is 135 Å². The largest absolute Gasteiger partial charge is 0.313 e. The highest BCUT2D eigenvalue weighted by molar-refractivity contribution is 6.05. The number of imide groups is 2. The van der Waals surface area contributed by atoms with Gasteiger partial charge < -0.3 is 11.5 Å². The standard InChI is InChI=1S/C37H62N6O4/c1-27(43-24-33(45)42(26-39)35(47)37(43,30-18-10-4-11-19-30)31-20-12-5-13-21-31)22-40-23-32(44)41(25-38)34(46)36(40,28-14-6-2-7-15-28)29-16-8-3-9-17-29/h27-31H,2-26,38-39H2,1H3. The van der Waals surface area contributed by atoms with Gasteiger partial charge in [0.25, 0.3) is 11.8 Å². The van der Waals surface area contributed by atoms with Crippen LogP contribution < -0.4 is 11.5 Å². The Labute approximate surface area is 282 Å². The summed E-state index contributed by atoms with van der Waals surface area (Å²) in [4.78, 5) is 64.6. The molecule has 6 fully saturated rings. The minimum atomic E-state index is -0.793. The Bertz CT molecular complexity index is 1100. The van der Waals surface area contributed by atoms with Gasteiger partial charge in [0.05, 0.1) is 26.4 Å². The summed E-state index contributed by atoms with van der Waals surface area (Å²) >= 11 is 0. The number of hydrogen-bond acceptors (Lipinski definition) is 8. The van der Waals surface area contributed by atoms with Gasteiger partial charge in [0.15, 0.2) is 0 Å². The van der Waals surface area contributed by atoms with Gasteiger partial charge in [-0.05, 0) is 82.0 Å². The van der Waals surface area contributed by atoms with Crippen LogP contribution in [0.2, 0.25) is 0 Å². The molecule has 10 nitrogen and oxygen atoms in total. The van der Waals surface area contributed by atoms with Gasteiger partial charge in [-0.2, -0.15) is 0 Å². The van der Waals surface area contributed by atoms with Crippen molar-refractivity contribution >= 4 is 23.6 Å². The van der Waals surface area contributed by atoms with Gasteiger partial charge in [-0.25, -0.2) is 0 Å². The summed E-state index contributed by atoms with van der Waals surface area (Å²) in [7, 11) is 0. The first kappa shape index (κ1) is 35.0. The molecule has 0 spiro atoms. The number of carbonyl (C=O) groups is 4. The number of nitrogens with two attached hydrogens (primary N) is 2. The average molecular weight is 655 g/mol. The topological polar surface area (TPSA) is 133 Å². The van der Waals surface area contributed by atoms with Gasteiger partial charge in [-0.3, -0.25) is 38.8 Å². The second-order valence-electron chi connectivity index (χ2n) is 16.0. The van der Waals surface area contributed by atoms with E-state index in [-0.39, 0.29) is 79.8 Å². The molecule has 6 rings (SSSR count). The highest BCUT2D eigenvalue weighted by Gasteiger charge is 2.63. The predicted molar refractivity (Wildman–Crippen MR) is 181 cm³/mol. The van der Waals surface area contributed by atoms with Crippen molar-refractivity contribution in [2.45, 2.75) is 152 Å². The maximum absolute atomic E-state index is 14.9. The lowest BCUT2D eigenvalue weighted by molar-refractivity contribution is -0.187. The molecule has 6 aliphatic rings. The van der Waals surface area contributed by atoms with Crippen LogP contribution in [0.25, 0.3) is 0 Å². The van der Waals surface area contributed by atoms with Crippen LogP contribution in [0.15, 0.2) is 0 Å². The maximum Gasteiger partial charge on any atom is 0.251 e. The zero-order valence-corrected chi connectivity index (χ0v) is 29.1. The molecular weight excluding hydrogens is 592 g/mol. The van der Waals surface area contributed by atoms with Crippen LogP contribution in [0, 0.1) is 23.7 Å². The summed E-state index contributed by atoms with van der Waals surface area (Å²) in [6.45, 7) is 2.78. The average Bonchev–Trinajstić information content (AvgIpc) is 3.10. The first-order valence-electron chi connectivity index (χ1n) is 19.4. The highest BCUT2D eigenvalue weighted by Crippen LogP contribution is 2.52. The molecule has 1 unspecified atom stereocenters. The molecule has 2 saturated heterocycles. The minimum absolute atomic E-state index is 0.0846. The Morgan fingerprint density at radius 1 is 0.553 bits per heavy atom. The molecule has 1 atom stereocenters. The minimum Gasteiger partial charge on any atom is -0.313 e. The molecule has 0 radical (unpaired) electrons. The van der Waals surface area contributed by atoms with E-state index in [2.05, 4.69) is 16.7 Å². The molecule has 264 valence electrons. The van der Waals surface area contributed by atoms with Crippen LogP contribution >= 0.6 is 0 Å². The summed E-state index contributed by atoms with van der Waals surface area (Å²) in [5.41, 5.74) is 10.7. The number of nitrogens with zero attached hydrogens (tertiary/aromatic N) is 4. The van der Waals surface area contributed by atoms with E-state index >= 15 is 0 Å². The van der Waals surface area contributed by atoms with Crippen LogP contribution in [0.3, 0.4) is 0 Å². The Morgan fingerprint density at radius 2 is 0.894 bits per heavy atom. The Hall–Kier alpha value is -1.88. The van der Waals surface area contributed by atoms with Crippen LogP contribution in [0.4, 0.5) is 0 Å². The first-order chi connectivity index (χ1) is 22.8. The number of amides is 4. The molecule has 4 N–H and O–H groups in total. The van der Waals surface area contributed by atoms with Crippen LogP contribution in [0.5, 0.6) is 0 Å². The molecule has 4 amide bonds. The van der Waals surface area contributed by atoms with Crippen molar-refractivity contribution in [3.05, 3.63) is 0 Å². The fraction of sp³-hybridized carbons (Fsp3) is 0.892. The highest BCUT2D eigenvalue weighted by atomic mass is 16.2. The third-order valence-electron chi connectivity index (χ3n) is 13.7. The van der Waals surface area contributed by atoms with Gasteiger partial charge in [-0.15, -0.1) is 0 Å². The Kier molecular flexibility index (Phi) is 11.1. The van der Waals surface area contributed by atoms with Crippen molar-refractivity contribution in [2.24, 2.45) is 35.1 Å². The van der Waals surface area contributed by atoms with E-state index in [0.717, 1.165) is 103 Å². The molecule has 2 heterocycles. The van der Waals surface area contributed by atoms with Crippen molar-refractivity contribution in [1.82, 2.24) is 19.6 Å². The molecule has 0 aromatic rings. The summed E-state index contributed by atoms with van der Waals surface area (Å²) in [5.74, 6) is 0.0295. The molecule has 47 heavy (non-hydrogen) atoms. The van der Waals surface area contributed by atoms with Crippen molar-refractivity contribution in [3.63, 3.8) is 0 Å². The molecule has 0 bridgehead atoms. The zero-order valence-electron chi connectivity index (χ0n) is 29.1. The Morgan fingerprint density at radius 3 is 1.28 bits per heavy atom. The quantitative estimate of drug-likeness (QED) is 0.351. The summed E-state index contributed by atoms with van der Waals surface area (Å²) in [5, 5.41) is 0. The van der Waals surface area contributed by atoms with Crippen molar-refractivity contribution in [2.75, 3.05) is 33.0 Å². The van der Waals surface area contributed by atoms with Crippen molar-refractivity contribution in [1.29, 1.82) is 0 Å². The third kappa shape index (κ3) is 6.01. The molecule has 2 aliphatic heterocycles. The third-order valence-corrected chi connectivity index (χ3v) is 13.7. The van der Waals surface area contributed by atoms with E-state index in [0.29, 0.717) is 6.54 Å².